The van der Waals surface area contributed by atoms with E-state index in [4.69, 9.17) is 11.6 Å². The predicted octanol–water partition coefficient (Wildman–Crippen LogP) is 4.40. The smallest absolute Gasteiger partial charge is 0.314 e. The van der Waals surface area contributed by atoms with Crippen LogP contribution in [0.3, 0.4) is 0 Å². The molecule has 0 spiro atoms. The zero-order valence-corrected chi connectivity index (χ0v) is 11.9. The molecule has 19 heavy (non-hydrogen) atoms. The Labute approximate surface area is 117 Å². The second kappa shape index (κ2) is 4.78. The molecular formula is C15H18ClFO2. The molecular weight excluding hydrogens is 267 g/mol. The van der Waals surface area contributed by atoms with Crippen LogP contribution in [0.25, 0.3) is 0 Å². The van der Waals surface area contributed by atoms with Crippen LogP contribution in [0.2, 0.25) is 5.02 Å². The molecule has 1 aromatic carbocycles. The molecule has 0 unspecified atom stereocenters. The minimum Gasteiger partial charge on any atom is -0.481 e. The van der Waals surface area contributed by atoms with E-state index >= 15 is 0 Å². The van der Waals surface area contributed by atoms with Crippen molar-refractivity contribution in [1.29, 1.82) is 0 Å². The number of carboxylic acids is 1. The molecule has 0 heterocycles. The lowest BCUT2D eigenvalue weighted by Crippen LogP contribution is -2.54. The van der Waals surface area contributed by atoms with Gasteiger partial charge in [-0.1, -0.05) is 44.4 Å². The van der Waals surface area contributed by atoms with Crippen LogP contribution in [0.15, 0.2) is 18.2 Å². The Kier molecular flexibility index (Phi) is 3.61. The summed E-state index contributed by atoms with van der Waals surface area (Å²) in [5.41, 5.74) is -0.326. The molecule has 1 aromatic rings. The lowest BCUT2D eigenvalue weighted by molar-refractivity contribution is -0.155. The zero-order chi connectivity index (χ0) is 14.3. The van der Waals surface area contributed by atoms with Crippen LogP contribution in [0.4, 0.5) is 4.39 Å². The first-order chi connectivity index (χ1) is 8.89. The molecule has 0 aromatic heterocycles. The quantitative estimate of drug-likeness (QED) is 0.890. The van der Waals surface area contributed by atoms with Crippen LogP contribution < -0.4 is 0 Å². The van der Waals surface area contributed by atoms with E-state index in [0.29, 0.717) is 18.4 Å². The van der Waals surface area contributed by atoms with Gasteiger partial charge in [-0.25, -0.2) is 4.39 Å². The van der Waals surface area contributed by atoms with E-state index in [1.807, 2.05) is 0 Å². The Bertz CT molecular complexity index is 501. The van der Waals surface area contributed by atoms with Gasteiger partial charge in [0, 0.05) is 5.02 Å². The average molecular weight is 285 g/mol. The van der Waals surface area contributed by atoms with E-state index in [1.54, 1.807) is 0 Å². The molecule has 1 N–H and O–H groups in total. The Morgan fingerprint density at radius 1 is 1.37 bits per heavy atom. The molecule has 0 aliphatic heterocycles. The number of hydrogen-bond acceptors (Lipinski definition) is 1. The van der Waals surface area contributed by atoms with Gasteiger partial charge in [0.1, 0.15) is 5.82 Å². The zero-order valence-electron chi connectivity index (χ0n) is 11.2. The Morgan fingerprint density at radius 2 is 1.95 bits per heavy atom. The molecule has 1 fully saturated rings. The fourth-order valence-electron chi connectivity index (χ4n) is 3.31. The van der Waals surface area contributed by atoms with Crippen LogP contribution in [-0.2, 0) is 10.2 Å². The van der Waals surface area contributed by atoms with Crippen molar-refractivity contribution >= 4 is 17.6 Å². The maximum absolute atomic E-state index is 13.1. The van der Waals surface area contributed by atoms with Gasteiger partial charge in [-0.3, -0.25) is 4.79 Å². The van der Waals surface area contributed by atoms with E-state index in [-0.39, 0.29) is 10.4 Å². The summed E-state index contributed by atoms with van der Waals surface area (Å²) in [4.78, 5) is 11.7. The number of carboxylic acid groups (broad SMARTS) is 1. The number of hydrogen-bond donors (Lipinski definition) is 1. The van der Waals surface area contributed by atoms with Crippen LogP contribution in [0, 0.1) is 11.2 Å². The topological polar surface area (TPSA) is 37.3 Å². The first-order valence-corrected chi connectivity index (χ1v) is 6.96. The normalized spacial score (nSPS) is 19.8. The van der Waals surface area contributed by atoms with Crippen molar-refractivity contribution in [2.45, 2.75) is 44.9 Å². The van der Waals surface area contributed by atoms with Crippen molar-refractivity contribution < 1.29 is 14.3 Å². The van der Waals surface area contributed by atoms with Gasteiger partial charge in [0.05, 0.1) is 5.41 Å². The SMILES string of the molecule is CCC1(CC)CC(C(=O)O)(c2ccc(F)cc2Cl)C1. The Hall–Kier alpha value is -1.09. The highest BCUT2D eigenvalue weighted by atomic mass is 35.5. The Morgan fingerprint density at radius 3 is 2.37 bits per heavy atom. The highest BCUT2D eigenvalue weighted by Gasteiger charge is 2.58. The van der Waals surface area contributed by atoms with Crippen molar-refractivity contribution in [1.82, 2.24) is 0 Å². The summed E-state index contributed by atoms with van der Waals surface area (Å²) in [5, 5.41) is 9.81. The number of benzene rings is 1. The lowest BCUT2D eigenvalue weighted by Gasteiger charge is -2.54. The summed E-state index contributed by atoms with van der Waals surface area (Å²) < 4.78 is 13.1. The molecule has 0 amide bonds. The second-order valence-electron chi connectivity index (χ2n) is 5.57. The third kappa shape index (κ3) is 2.14. The summed E-state index contributed by atoms with van der Waals surface area (Å²) >= 11 is 6.05. The van der Waals surface area contributed by atoms with Crippen LogP contribution in [0.1, 0.15) is 45.1 Å². The molecule has 2 nitrogen and oxygen atoms in total. The van der Waals surface area contributed by atoms with Crippen LogP contribution >= 0.6 is 11.6 Å². The largest absolute Gasteiger partial charge is 0.481 e. The summed E-state index contributed by atoms with van der Waals surface area (Å²) in [7, 11) is 0. The summed E-state index contributed by atoms with van der Waals surface area (Å²) in [6, 6.07) is 3.99. The fourth-order valence-corrected chi connectivity index (χ4v) is 3.66. The first-order valence-electron chi connectivity index (χ1n) is 6.58. The molecule has 1 aliphatic rings. The average Bonchev–Trinajstić information content (AvgIpc) is 2.31. The fraction of sp³-hybridized carbons (Fsp3) is 0.533. The van der Waals surface area contributed by atoms with Crippen molar-refractivity contribution in [2.75, 3.05) is 0 Å². The summed E-state index contributed by atoms with van der Waals surface area (Å²) in [6.45, 7) is 4.17. The number of rotatable bonds is 4. The Balaban J connectivity index is 2.41. The number of halogens is 2. The number of aliphatic carboxylic acids is 1. The van der Waals surface area contributed by atoms with Crippen LogP contribution in [-0.4, -0.2) is 11.1 Å². The van der Waals surface area contributed by atoms with Crippen molar-refractivity contribution in [3.63, 3.8) is 0 Å². The highest BCUT2D eigenvalue weighted by molar-refractivity contribution is 6.31. The van der Waals surface area contributed by atoms with E-state index in [1.165, 1.54) is 18.2 Å². The second-order valence-corrected chi connectivity index (χ2v) is 5.98. The molecule has 0 atom stereocenters. The minimum absolute atomic E-state index is 0.0795. The van der Waals surface area contributed by atoms with Crippen molar-refractivity contribution in [3.05, 3.63) is 34.6 Å². The third-order valence-electron chi connectivity index (χ3n) is 4.71. The van der Waals surface area contributed by atoms with Gasteiger partial charge in [-0.2, -0.15) is 0 Å². The standard InChI is InChI=1S/C15H18ClFO2/c1-3-14(4-2)8-15(9-14,13(18)19)11-6-5-10(17)7-12(11)16/h5-7H,3-4,8-9H2,1-2H3,(H,18,19). The highest BCUT2D eigenvalue weighted by Crippen LogP contribution is 2.60. The molecule has 0 radical (unpaired) electrons. The van der Waals surface area contributed by atoms with Crippen molar-refractivity contribution in [3.8, 4) is 0 Å². The molecule has 1 saturated carbocycles. The van der Waals surface area contributed by atoms with Gasteiger partial charge in [-0.05, 0) is 36.0 Å². The van der Waals surface area contributed by atoms with Crippen molar-refractivity contribution in [2.24, 2.45) is 5.41 Å². The van der Waals surface area contributed by atoms with Gasteiger partial charge in [0.15, 0.2) is 0 Å². The number of carbonyl (C=O) groups is 1. The van der Waals surface area contributed by atoms with Gasteiger partial charge in [-0.15, -0.1) is 0 Å². The molecule has 0 saturated heterocycles. The third-order valence-corrected chi connectivity index (χ3v) is 5.02. The summed E-state index contributed by atoms with van der Waals surface area (Å²) in [6.07, 6.45) is 3.07. The summed E-state index contributed by atoms with van der Waals surface area (Å²) in [5.74, 6) is -1.30. The van der Waals surface area contributed by atoms with Gasteiger partial charge in [0.25, 0.3) is 0 Å². The van der Waals surface area contributed by atoms with Crippen LogP contribution in [0.5, 0.6) is 0 Å². The minimum atomic E-state index is -0.948. The maximum atomic E-state index is 13.1. The monoisotopic (exact) mass is 284 g/mol. The molecule has 4 heteroatoms. The maximum Gasteiger partial charge on any atom is 0.314 e. The lowest BCUT2D eigenvalue weighted by atomic mass is 9.48. The molecule has 0 bridgehead atoms. The van der Waals surface area contributed by atoms with E-state index in [0.717, 1.165) is 12.8 Å². The van der Waals surface area contributed by atoms with Gasteiger partial charge in [0.2, 0.25) is 0 Å². The van der Waals surface area contributed by atoms with E-state index in [2.05, 4.69) is 13.8 Å². The van der Waals surface area contributed by atoms with Gasteiger partial charge < -0.3 is 5.11 Å². The predicted molar refractivity (Wildman–Crippen MR) is 73.0 cm³/mol. The first kappa shape index (κ1) is 14.3. The molecule has 1 aliphatic carbocycles. The van der Waals surface area contributed by atoms with E-state index < -0.39 is 17.2 Å². The van der Waals surface area contributed by atoms with E-state index in [9.17, 15) is 14.3 Å². The van der Waals surface area contributed by atoms with Gasteiger partial charge >= 0.3 is 5.97 Å². The molecule has 2 rings (SSSR count). The molecule has 104 valence electrons.